The number of aliphatic hydroxyl groups is 1. The van der Waals surface area contributed by atoms with Gasteiger partial charge in [-0.25, -0.2) is 4.79 Å². The van der Waals surface area contributed by atoms with Crippen molar-refractivity contribution in [3.8, 4) is 0 Å². The molecule has 0 aromatic carbocycles. The molecule has 88 valence electrons. The van der Waals surface area contributed by atoms with Crippen LogP contribution in [0.25, 0.3) is 0 Å². The summed E-state index contributed by atoms with van der Waals surface area (Å²) in [6, 6.07) is 0. The fraction of sp³-hybridized carbons (Fsp3) is 0.875. The number of hydrogen-bond donors (Lipinski definition) is 2. The van der Waals surface area contributed by atoms with Crippen molar-refractivity contribution in [3.63, 3.8) is 0 Å². The number of hydrogen-bond acceptors (Lipinski definition) is 4. The minimum atomic E-state index is -2.30. The van der Waals surface area contributed by atoms with Gasteiger partial charge in [-0.2, -0.15) is 0 Å². The minimum Gasteiger partial charge on any atom is -0.479 e. The predicted molar refractivity (Wildman–Crippen MR) is 53.0 cm³/mol. The van der Waals surface area contributed by atoms with E-state index in [9.17, 15) is 9.90 Å². The van der Waals surface area contributed by atoms with Gasteiger partial charge in [0.1, 0.15) is 12.2 Å². The Bertz CT molecular complexity index is 266. The van der Waals surface area contributed by atoms with Crippen LogP contribution in [0.1, 0.15) is 13.8 Å². The zero-order valence-electron chi connectivity index (χ0n) is 8.24. The molecular formula is C8H12Cl2O5. The van der Waals surface area contributed by atoms with Crippen LogP contribution in [0.3, 0.4) is 0 Å². The molecule has 1 fully saturated rings. The first-order chi connectivity index (χ1) is 6.67. The monoisotopic (exact) mass is 258 g/mol. The Morgan fingerprint density at radius 3 is 2.47 bits per heavy atom. The second-order valence-corrected chi connectivity index (χ2v) is 5.13. The SMILES string of the molecule is CC1(C)OCC([C@@H](O)C(Cl)(Cl)C(=O)O)O1. The maximum Gasteiger partial charge on any atom is 0.343 e. The van der Waals surface area contributed by atoms with Gasteiger partial charge in [-0.05, 0) is 13.8 Å². The van der Waals surface area contributed by atoms with Gasteiger partial charge >= 0.3 is 5.97 Å². The van der Waals surface area contributed by atoms with Gasteiger partial charge < -0.3 is 19.7 Å². The maximum absolute atomic E-state index is 10.7. The molecule has 15 heavy (non-hydrogen) atoms. The molecule has 0 saturated carbocycles. The van der Waals surface area contributed by atoms with E-state index >= 15 is 0 Å². The molecule has 0 amide bonds. The lowest BCUT2D eigenvalue weighted by Crippen LogP contribution is -2.47. The standard InChI is InChI=1S/C8H12Cl2O5/c1-7(2)14-3-4(15-7)5(11)8(9,10)6(12)13/h4-5,11H,3H2,1-2H3,(H,12,13)/t4?,5-/m1/s1. The Kier molecular flexibility index (Phi) is 3.52. The highest BCUT2D eigenvalue weighted by atomic mass is 35.5. The number of carboxylic acid groups (broad SMARTS) is 1. The number of aliphatic hydroxyl groups excluding tert-OH is 1. The maximum atomic E-state index is 10.7. The summed E-state index contributed by atoms with van der Waals surface area (Å²) >= 11 is 11.0. The number of rotatable bonds is 3. The largest absolute Gasteiger partial charge is 0.479 e. The summed E-state index contributed by atoms with van der Waals surface area (Å²) in [5.41, 5.74) is 0. The second-order valence-electron chi connectivity index (χ2n) is 3.74. The van der Waals surface area contributed by atoms with Gasteiger partial charge in [-0.15, -0.1) is 0 Å². The average Bonchev–Trinajstić information content (AvgIpc) is 2.44. The van der Waals surface area contributed by atoms with Crippen LogP contribution in [0.15, 0.2) is 0 Å². The molecule has 2 atom stereocenters. The van der Waals surface area contributed by atoms with Crippen LogP contribution < -0.4 is 0 Å². The summed E-state index contributed by atoms with van der Waals surface area (Å²) in [6.45, 7) is 3.33. The van der Waals surface area contributed by atoms with Gasteiger partial charge in [0.2, 0.25) is 4.33 Å². The Morgan fingerprint density at radius 1 is 1.60 bits per heavy atom. The van der Waals surface area contributed by atoms with E-state index in [1.807, 2.05) is 0 Å². The summed E-state index contributed by atoms with van der Waals surface area (Å²) in [5, 5.41) is 18.3. The fourth-order valence-corrected chi connectivity index (χ4v) is 1.51. The lowest BCUT2D eigenvalue weighted by Gasteiger charge is -2.26. The average molecular weight is 259 g/mol. The molecule has 1 unspecified atom stereocenters. The molecule has 2 N–H and O–H groups in total. The highest BCUT2D eigenvalue weighted by molar-refractivity contribution is 6.57. The third-order valence-electron chi connectivity index (χ3n) is 2.04. The molecule has 0 spiro atoms. The first-order valence-electron chi connectivity index (χ1n) is 4.28. The molecule has 0 aliphatic carbocycles. The molecule has 1 heterocycles. The van der Waals surface area contributed by atoms with E-state index in [2.05, 4.69) is 0 Å². The van der Waals surface area contributed by atoms with Crippen molar-refractivity contribution in [1.82, 2.24) is 0 Å². The number of carboxylic acids is 1. The third-order valence-corrected chi connectivity index (χ3v) is 2.81. The van der Waals surface area contributed by atoms with E-state index in [-0.39, 0.29) is 6.61 Å². The molecule has 0 bridgehead atoms. The number of alkyl halides is 2. The van der Waals surface area contributed by atoms with Gasteiger partial charge in [0.25, 0.3) is 0 Å². The number of carbonyl (C=O) groups is 1. The van der Waals surface area contributed by atoms with Crippen LogP contribution in [0.4, 0.5) is 0 Å². The molecule has 0 aromatic rings. The van der Waals surface area contributed by atoms with Crippen LogP contribution >= 0.6 is 23.2 Å². The van der Waals surface area contributed by atoms with Crippen molar-refractivity contribution >= 4 is 29.2 Å². The zero-order chi connectivity index (χ0) is 11.9. The molecule has 7 heteroatoms. The van der Waals surface area contributed by atoms with Crippen molar-refractivity contribution in [2.24, 2.45) is 0 Å². The van der Waals surface area contributed by atoms with Gasteiger partial charge in [0.15, 0.2) is 5.79 Å². The van der Waals surface area contributed by atoms with Crippen LogP contribution in [0.2, 0.25) is 0 Å². The first kappa shape index (κ1) is 13.0. The fourth-order valence-electron chi connectivity index (χ4n) is 1.23. The molecule has 1 saturated heterocycles. The number of halogens is 2. The Morgan fingerprint density at radius 2 is 2.13 bits per heavy atom. The zero-order valence-corrected chi connectivity index (χ0v) is 9.75. The van der Waals surface area contributed by atoms with Crippen molar-refractivity contribution in [2.75, 3.05) is 6.61 Å². The molecule has 1 aliphatic rings. The van der Waals surface area contributed by atoms with Crippen LogP contribution in [-0.4, -0.2) is 45.1 Å². The molecule has 1 aliphatic heterocycles. The number of ether oxygens (including phenoxy) is 2. The highest BCUT2D eigenvalue weighted by Gasteiger charge is 2.50. The topological polar surface area (TPSA) is 76.0 Å². The van der Waals surface area contributed by atoms with Crippen molar-refractivity contribution in [1.29, 1.82) is 0 Å². The van der Waals surface area contributed by atoms with E-state index in [1.54, 1.807) is 13.8 Å². The van der Waals surface area contributed by atoms with Crippen LogP contribution in [-0.2, 0) is 14.3 Å². The predicted octanol–water partition coefficient (Wildman–Crippen LogP) is 0.757. The van der Waals surface area contributed by atoms with Crippen molar-refractivity contribution in [3.05, 3.63) is 0 Å². The molecule has 1 rings (SSSR count). The highest BCUT2D eigenvalue weighted by Crippen LogP contribution is 2.33. The third kappa shape index (κ3) is 2.73. The van der Waals surface area contributed by atoms with Gasteiger partial charge in [0, 0.05) is 0 Å². The first-order valence-corrected chi connectivity index (χ1v) is 5.03. The molecule has 0 radical (unpaired) electrons. The van der Waals surface area contributed by atoms with Gasteiger partial charge in [-0.3, -0.25) is 0 Å². The quantitative estimate of drug-likeness (QED) is 0.731. The summed E-state index contributed by atoms with van der Waals surface area (Å²) in [7, 11) is 0. The Hall–Kier alpha value is -0.0700. The minimum absolute atomic E-state index is 0.0443. The number of aliphatic carboxylic acids is 1. The van der Waals surface area contributed by atoms with Gasteiger partial charge in [-0.1, -0.05) is 23.2 Å². The smallest absolute Gasteiger partial charge is 0.343 e. The lowest BCUT2D eigenvalue weighted by molar-refractivity contribution is -0.158. The van der Waals surface area contributed by atoms with E-state index in [0.29, 0.717) is 0 Å². The summed E-state index contributed by atoms with van der Waals surface area (Å²) in [4.78, 5) is 10.7. The molecule has 0 aromatic heterocycles. The van der Waals surface area contributed by atoms with E-state index in [1.165, 1.54) is 0 Å². The molecule has 5 nitrogen and oxygen atoms in total. The normalized spacial score (nSPS) is 27.7. The van der Waals surface area contributed by atoms with E-state index in [4.69, 9.17) is 37.8 Å². The van der Waals surface area contributed by atoms with Crippen molar-refractivity contribution < 1.29 is 24.5 Å². The summed E-state index contributed by atoms with van der Waals surface area (Å²) < 4.78 is 8.10. The second kappa shape index (κ2) is 4.07. The van der Waals surface area contributed by atoms with Gasteiger partial charge in [0.05, 0.1) is 6.61 Å². The Balaban J connectivity index is 2.70. The summed E-state index contributed by atoms with van der Waals surface area (Å²) in [5.74, 6) is -2.39. The summed E-state index contributed by atoms with van der Waals surface area (Å²) in [6.07, 6.45) is -2.41. The molecular weight excluding hydrogens is 247 g/mol. The van der Waals surface area contributed by atoms with E-state index < -0.39 is 28.3 Å². The van der Waals surface area contributed by atoms with Crippen molar-refractivity contribution in [2.45, 2.75) is 36.2 Å². The lowest BCUT2D eigenvalue weighted by atomic mass is 10.1. The Labute approximate surface area is 96.9 Å². The van der Waals surface area contributed by atoms with E-state index in [0.717, 1.165) is 0 Å². The van der Waals surface area contributed by atoms with Crippen LogP contribution in [0.5, 0.6) is 0 Å². The van der Waals surface area contributed by atoms with Crippen LogP contribution in [0, 0.1) is 0 Å².